The number of carbonyl (C=O) groups excluding carboxylic acids is 1. The summed E-state index contributed by atoms with van der Waals surface area (Å²) in [4.78, 5) is 20.6. The van der Waals surface area contributed by atoms with Crippen LogP contribution in [-0.4, -0.2) is 53.9 Å². The number of pyridine rings is 1. The smallest absolute Gasteiger partial charge is 0.272 e. The number of hydrogen-bond acceptors (Lipinski definition) is 5. The molecule has 6 nitrogen and oxygen atoms in total. The van der Waals surface area contributed by atoms with Crippen LogP contribution in [0.1, 0.15) is 17.4 Å². The van der Waals surface area contributed by atoms with E-state index in [9.17, 15) is 4.79 Å². The number of likely N-dealkylation sites (tertiary alicyclic amines) is 1. The molecule has 3 N–H and O–H groups in total. The number of nitrogens with zero attached hydrogens (tertiary/aromatic N) is 3. The van der Waals surface area contributed by atoms with Crippen molar-refractivity contribution in [3.05, 3.63) is 23.9 Å². The van der Waals surface area contributed by atoms with Gasteiger partial charge in [-0.05, 0) is 32.1 Å². The minimum absolute atomic E-state index is 0.0340. The van der Waals surface area contributed by atoms with Crippen LogP contribution < -0.4 is 11.3 Å². The van der Waals surface area contributed by atoms with Crippen molar-refractivity contribution < 1.29 is 4.79 Å². The molecule has 0 radical (unpaired) electrons. The maximum Gasteiger partial charge on any atom is 0.272 e. The van der Waals surface area contributed by atoms with Crippen molar-refractivity contribution in [3.8, 4) is 0 Å². The molecule has 1 aliphatic heterocycles. The summed E-state index contributed by atoms with van der Waals surface area (Å²) >= 11 is 0. The molecule has 0 saturated carbocycles. The van der Waals surface area contributed by atoms with E-state index in [0.29, 0.717) is 23.5 Å². The van der Waals surface area contributed by atoms with E-state index >= 15 is 0 Å². The first-order valence-corrected chi connectivity index (χ1v) is 6.42. The molecule has 1 aromatic heterocycles. The summed E-state index contributed by atoms with van der Waals surface area (Å²) in [5.74, 6) is 6.25. The number of nitrogens with two attached hydrogens (primary N) is 1. The summed E-state index contributed by atoms with van der Waals surface area (Å²) in [5.41, 5.74) is 2.89. The highest BCUT2D eigenvalue weighted by atomic mass is 16.2. The minimum atomic E-state index is -0.0340. The Bertz CT molecular complexity index is 462. The molecule has 1 fully saturated rings. The Hall–Kier alpha value is -1.66. The largest absolute Gasteiger partial charge is 0.335 e. The molecule has 1 aromatic rings. The van der Waals surface area contributed by atoms with Gasteiger partial charge in [-0.1, -0.05) is 13.0 Å². The Morgan fingerprint density at radius 2 is 2.21 bits per heavy atom. The Morgan fingerprint density at radius 3 is 2.79 bits per heavy atom. The van der Waals surface area contributed by atoms with E-state index in [-0.39, 0.29) is 5.91 Å². The number of hydrogen-bond donors (Lipinski definition) is 2. The van der Waals surface area contributed by atoms with Gasteiger partial charge in [-0.3, -0.25) is 4.79 Å². The second kappa shape index (κ2) is 5.54. The van der Waals surface area contributed by atoms with Crippen molar-refractivity contribution in [2.45, 2.75) is 13.0 Å². The first-order chi connectivity index (χ1) is 9.02. The van der Waals surface area contributed by atoms with Crippen LogP contribution in [0.3, 0.4) is 0 Å². The average molecular weight is 263 g/mol. The van der Waals surface area contributed by atoms with Crippen molar-refractivity contribution in [3.63, 3.8) is 0 Å². The van der Waals surface area contributed by atoms with Gasteiger partial charge in [0.15, 0.2) is 0 Å². The van der Waals surface area contributed by atoms with Gasteiger partial charge in [-0.25, -0.2) is 10.8 Å². The van der Waals surface area contributed by atoms with Crippen LogP contribution in [0, 0.1) is 5.92 Å². The number of hydrazine groups is 1. The molecule has 19 heavy (non-hydrogen) atoms. The van der Waals surface area contributed by atoms with Crippen molar-refractivity contribution in [2.24, 2.45) is 11.8 Å². The molecular formula is C13H21N5O. The molecule has 2 unspecified atom stereocenters. The van der Waals surface area contributed by atoms with E-state index in [0.717, 1.165) is 13.1 Å². The molecule has 0 aliphatic carbocycles. The number of rotatable bonds is 3. The summed E-state index contributed by atoms with van der Waals surface area (Å²) in [6.45, 7) is 3.68. The highest BCUT2D eigenvalue weighted by molar-refractivity contribution is 5.92. The van der Waals surface area contributed by atoms with Crippen LogP contribution in [0.15, 0.2) is 18.2 Å². The molecule has 6 heteroatoms. The summed E-state index contributed by atoms with van der Waals surface area (Å²) in [6.07, 6.45) is 0. The van der Waals surface area contributed by atoms with Crippen LogP contribution in [0.2, 0.25) is 0 Å². The first-order valence-electron chi connectivity index (χ1n) is 6.42. The standard InChI is InChI=1S/C13H21N5O/c1-9-7-18(8-11(9)17(2)3)13(19)10-5-4-6-12(15-10)16-14/h4-6,9,11H,7-8,14H2,1-3H3,(H,15,16). The third-order valence-electron chi connectivity index (χ3n) is 3.64. The van der Waals surface area contributed by atoms with Gasteiger partial charge in [0.2, 0.25) is 0 Å². The van der Waals surface area contributed by atoms with E-state index in [4.69, 9.17) is 5.84 Å². The van der Waals surface area contributed by atoms with E-state index in [1.165, 1.54) is 0 Å². The van der Waals surface area contributed by atoms with E-state index in [1.807, 2.05) is 19.0 Å². The highest BCUT2D eigenvalue weighted by Gasteiger charge is 2.34. The van der Waals surface area contributed by atoms with Crippen LogP contribution in [0.4, 0.5) is 5.82 Å². The molecule has 1 amide bonds. The molecule has 0 aromatic carbocycles. The number of amides is 1. The van der Waals surface area contributed by atoms with Gasteiger partial charge in [-0.2, -0.15) is 0 Å². The lowest BCUT2D eigenvalue weighted by atomic mass is 10.1. The van der Waals surface area contributed by atoms with Crippen LogP contribution in [0.25, 0.3) is 0 Å². The quantitative estimate of drug-likeness (QED) is 0.609. The maximum atomic E-state index is 12.4. The van der Waals surface area contributed by atoms with Gasteiger partial charge in [0, 0.05) is 19.1 Å². The molecule has 2 heterocycles. The highest BCUT2D eigenvalue weighted by Crippen LogP contribution is 2.21. The van der Waals surface area contributed by atoms with Gasteiger partial charge >= 0.3 is 0 Å². The Balaban J connectivity index is 2.12. The number of carbonyl (C=O) groups is 1. The number of nitrogens with one attached hydrogen (secondary N) is 1. The second-order valence-electron chi connectivity index (χ2n) is 5.27. The topological polar surface area (TPSA) is 74.5 Å². The van der Waals surface area contributed by atoms with Gasteiger partial charge in [-0.15, -0.1) is 0 Å². The molecule has 0 bridgehead atoms. The van der Waals surface area contributed by atoms with Crippen LogP contribution in [-0.2, 0) is 0 Å². The maximum absolute atomic E-state index is 12.4. The predicted octanol–water partition coefficient (Wildman–Crippen LogP) is 0.389. The Morgan fingerprint density at radius 1 is 1.47 bits per heavy atom. The summed E-state index contributed by atoms with van der Waals surface area (Å²) in [5, 5.41) is 0. The number of likely N-dealkylation sites (N-methyl/N-ethyl adjacent to an activating group) is 1. The molecule has 1 aliphatic rings. The Kier molecular flexibility index (Phi) is 4.01. The third-order valence-corrected chi connectivity index (χ3v) is 3.64. The molecule has 2 rings (SSSR count). The summed E-state index contributed by atoms with van der Waals surface area (Å²) in [6, 6.07) is 5.63. The van der Waals surface area contributed by atoms with Gasteiger partial charge < -0.3 is 15.2 Å². The number of nitrogen functional groups attached to an aromatic ring is 1. The number of aromatic nitrogens is 1. The molecule has 104 valence electrons. The van der Waals surface area contributed by atoms with E-state index < -0.39 is 0 Å². The average Bonchev–Trinajstić information content (AvgIpc) is 2.80. The fourth-order valence-corrected chi connectivity index (χ4v) is 2.58. The van der Waals surface area contributed by atoms with Gasteiger partial charge in [0.25, 0.3) is 5.91 Å². The van der Waals surface area contributed by atoms with Crippen molar-refractivity contribution in [1.29, 1.82) is 0 Å². The lowest BCUT2D eigenvalue weighted by Crippen LogP contribution is -2.36. The lowest BCUT2D eigenvalue weighted by molar-refractivity contribution is 0.0776. The van der Waals surface area contributed by atoms with Crippen molar-refractivity contribution >= 4 is 11.7 Å². The lowest BCUT2D eigenvalue weighted by Gasteiger charge is -2.22. The van der Waals surface area contributed by atoms with Crippen molar-refractivity contribution in [1.82, 2.24) is 14.8 Å². The third kappa shape index (κ3) is 2.85. The van der Waals surface area contributed by atoms with Crippen LogP contribution in [0.5, 0.6) is 0 Å². The van der Waals surface area contributed by atoms with Crippen LogP contribution >= 0.6 is 0 Å². The number of anilines is 1. The predicted molar refractivity (Wildman–Crippen MR) is 74.6 cm³/mol. The fraction of sp³-hybridized carbons (Fsp3) is 0.538. The Labute approximate surface area is 113 Å². The fourth-order valence-electron chi connectivity index (χ4n) is 2.58. The molecule has 1 saturated heterocycles. The zero-order valence-corrected chi connectivity index (χ0v) is 11.6. The van der Waals surface area contributed by atoms with Gasteiger partial charge in [0.05, 0.1) is 0 Å². The normalized spacial score (nSPS) is 22.9. The van der Waals surface area contributed by atoms with E-state index in [1.54, 1.807) is 18.2 Å². The SMILES string of the molecule is CC1CN(C(=O)c2cccc(NN)n2)CC1N(C)C. The van der Waals surface area contributed by atoms with Gasteiger partial charge in [0.1, 0.15) is 11.5 Å². The van der Waals surface area contributed by atoms with E-state index in [2.05, 4.69) is 22.2 Å². The zero-order valence-electron chi connectivity index (χ0n) is 11.6. The van der Waals surface area contributed by atoms with Crippen molar-refractivity contribution in [2.75, 3.05) is 32.6 Å². The monoisotopic (exact) mass is 263 g/mol. The second-order valence-corrected chi connectivity index (χ2v) is 5.27. The molecule has 2 atom stereocenters. The minimum Gasteiger partial charge on any atom is -0.335 e. The summed E-state index contributed by atoms with van der Waals surface area (Å²) in [7, 11) is 4.10. The molecular weight excluding hydrogens is 242 g/mol. The molecule has 0 spiro atoms. The first kappa shape index (κ1) is 13.8. The summed E-state index contributed by atoms with van der Waals surface area (Å²) < 4.78 is 0. The zero-order chi connectivity index (χ0) is 14.0.